The van der Waals surface area contributed by atoms with Crippen LogP contribution in [0, 0.1) is 0 Å². The molecule has 0 heterocycles. The van der Waals surface area contributed by atoms with Crippen molar-refractivity contribution >= 4 is 25.8 Å². The minimum atomic E-state index is -1.18. The van der Waals surface area contributed by atoms with Gasteiger partial charge in [0.1, 0.15) is 12.1 Å². The number of carboxylic acid groups (broad SMARTS) is 1. The van der Waals surface area contributed by atoms with E-state index in [1.807, 2.05) is 34.6 Å². The van der Waals surface area contributed by atoms with Gasteiger partial charge in [0, 0.05) is 13.2 Å². The fourth-order valence-corrected chi connectivity index (χ4v) is 2.43. The first-order chi connectivity index (χ1) is 13.9. The van der Waals surface area contributed by atoms with Crippen LogP contribution >= 0.6 is 0 Å². The second-order valence-electron chi connectivity index (χ2n) is 10.00. The van der Waals surface area contributed by atoms with Crippen molar-refractivity contribution in [3.8, 4) is 0 Å². The molecule has 31 heavy (non-hydrogen) atoms. The number of hydrogen-bond acceptors (Lipinski definition) is 6. The van der Waals surface area contributed by atoms with Gasteiger partial charge in [0.25, 0.3) is 0 Å². The molecule has 0 aliphatic rings. The van der Waals surface area contributed by atoms with Crippen LogP contribution in [0.15, 0.2) is 0 Å². The average molecular weight is 442 g/mol. The van der Waals surface area contributed by atoms with Gasteiger partial charge in [-0.25, -0.2) is 4.79 Å². The van der Waals surface area contributed by atoms with Crippen LogP contribution in [0.2, 0.25) is 6.32 Å². The third-order valence-corrected chi connectivity index (χ3v) is 3.93. The van der Waals surface area contributed by atoms with Crippen molar-refractivity contribution in [3.05, 3.63) is 0 Å². The van der Waals surface area contributed by atoms with E-state index < -0.39 is 41.8 Å². The molecule has 0 bridgehead atoms. The molecular formula is C21H39BN2O7. The van der Waals surface area contributed by atoms with E-state index in [9.17, 15) is 14.4 Å². The number of ether oxygens (including phenoxy) is 3. The Kier molecular flexibility index (Phi) is 11.6. The summed E-state index contributed by atoms with van der Waals surface area (Å²) in [7, 11) is 5.40. The summed E-state index contributed by atoms with van der Waals surface area (Å²) in [6.07, 6.45) is -0.433. The van der Waals surface area contributed by atoms with Crippen molar-refractivity contribution in [2.45, 2.75) is 91.0 Å². The van der Waals surface area contributed by atoms with Gasteiger partial charge < -0.3 is 29.5 Å². The number of carbonyl (C=O) groups is 3. The van der Waals surface area contributed by atoms with Crippen LogP contribution in [0.5, 0.6) is 0 Å². The average Bonchev–Trinajstić information content (AvgIpc) is 2.54. The molecule has 0 aromatic heterocycles. The highest BCUT2D eigenvalue weighted by Crippen LogP contribution is 2.18. The fraction of sp³-hybridized carbons (Fsp3) is 0.857. The SMILES string of the molecule is [B]CC(=O)N(CC(=O)O)CC(COC(C)(C)CCOC(C)(C)C)NC(=O)OC(C)(C)C. The van der Waals surface area contributed by atoms with E-state index in [0.29, 0.717) is 13.0 Å². The van der Waals surface area contributed by atoms with Gasteiger partial charge in [-0.3, -0.25) is 9.59 Å². The molecule has 178 valence electrons. The predicted octanol–water partition coefficient (Wildman–Crippen LogP) is 2.38. The van der Waals surface area contributed by atoms with E-state index >= 15 is 0 Å². The molecule has 2 amide bonds. The second kappa shape index (κ2) is 12.3. The van der Waals surface area contributed by atoms with Gasteiger partial charge in [-0.15, -0.1) is 0 Å². The molecule has 0 aromatic carbocycles. The maximum Gasteiger partial charge on any atom is 0.408 e. The van der Waals surface area contributed by atoms with E-state index in [-0.39, 0.29) is 25.1 Å². The van der Waals surface area contributed by atoms with Crippen LogP contribution in [0.25, 0.3) is 0 Å². The van der Waals surface area contributed by atoms with Gasteiger partial charge in [-0.1, -0.05) is 0 Å². The topological polar surface area (TPSA) is 114 Å². The standard InChI is InChI=1S/C21H39BN2O7/c1-19(2,3)29-10-9-21(7,8)30-14-15(23-18(28)31-20(4,5)6)12-24(13-17(26)27)16(25)11-22/h15H,9-14H2,1-8H3,(H,23,28)(H,26,27). The monoisotopic (exact) mass is 442 g/mol. The zero-order chi connectivity index (χ0) is 24.5. The first kappa shape index (κ1) is 29.2. The molecule has 2 N–H and O–H groups in total. The lowest BCUT2D eigenvalue weighted by Crippen LogP contribution is -2.51. The van der Waals surface area contributed by atoms with Gasteiger partial charge in [0.2, 0.25) is 5.91 Å². The Morgan fingerprint density at radius 3 is 2.03 bits per heavy atom. The van der Waals surface area contributed by atoms with E-state index in [2.05, 4.69) is 5.32 Å². The maximum absolute atomic E-state index is 12.3. The number of rotatable bonds is 12. The van der Waals surface area contributed by atoms with Crippen molar-refractivity contribution < 1.29 is 33.7 Å². The molecule has 0 fully saturated rings. The van der Waals surface area contributed by atoms with Crippen molar-refractivity contribution in [3.63, 3.8) is 0 Å². The number of alkyl carbamates (subject to hydrolysis) is 1. The van der Waals surface area contributed by atoms with Crippen molar-refractivity contribution in [1.82, 2.24) is 10.2 Å². The lowest BCUT2D eigenvalue weighted by molar-refractivity contribution is -0.144. The van der Waals surface area contributed by atoms with Gasteiger partial charge >= 0.3 is 12.1 Å². The smallest absolute Gasteiger partial charge is 0.408 e. The molecule has 0 aromatic rings. The van der Waals surface area contributed by atoms with Crippen molar-refractivity contribution in [2.75, 3.05) is 26.3 Å². The summed E-state index contributed by atoms with van der Waals surface area (Å²) in [6.45, 7) is 14.8. The first-order valence-corrected chi connectivity index (χ1v) is 10.4. The number of nitrogens with one attached hydrogen (secondary N) is 1. The third-order valence-electron chi connectivity index (χ3n) is 3.93. The second-order valence-corrected chi connectivity index (χ2v) is 10.00. The molecule has 0 saturated heterocycles. The maximum atomic E-state index is 12.3. The molecular weight excluding hydrogens is 403 g/mol. The number of carbonyl (C=O) groups excluding carboxylic acids is 2. The molecule has 10 heteroatoms. The molecule has 0 spiro atoms. The summed E-state index contributed by atoms with van der Waals surface area (Å²) in [5.74, 6) is -1.73. The van der Waals surface area contributed by atoms with Crippen LogP contribution in [0.4, 0.5) is 4.79 Å². The Morgan fingerprint density at radius 2 is 1.58 bits per heavy atom. The molecule has 1 unspecified atom stereocenters. The third kappa shape index (κ3) is 15.6. The number of aliphatic carboxylic acids is 1. The van der Waals surface area contributed by atoms with Gasteiger partial charge in [-0.2, -0.15) is 0 Å². The Hall–Kier alpha value is -1.81. The Balaban J connectivity index is 5.21. The Morgan fingerprint density at radius 1 is 1.00 bits per heavy atom. The molecule has 0 rings (SSSR count). The van der Waals surface area contributed by atoms with Gasteiger partial charge in [-0.05, 0) is 68.1 Å². The van der Waals surface area contributed by atoms with Crippen molar-refractivity contribution in [2.24, 2.45) is 0 Å². The Bertz CT molecular complexity index is 598. The minimum absolute atomic E-state index is 0.0374. The van der Waals surface area contributed by atoms with Crippen LogP contribution in [0.1, 0.15) is 61.8 Å². The normalized spacial score (nSPS) is 13.4. The Labute approximate surface area is 187 Å². The summed E-state index contributed by atoms with van der Waals surface area (Å²) >= 11 is 0. The summed E-state index contributed by atoms with van der Waals surface area (Å²) in [5, 5.41) is 11.8. The highest BCUT2D eigenvalue weighted by Gasteiger charge is 2.27. The first-order valence-electron chi connectivity index (χ1n) is 10.4. The van der Waals surface area contributed by atoms with Gasteiger partial charge in [0.05, 0.1) is 31.7 Å². The van der Waals surface area contributed by atoms with Crippen LogP contribution in [-0.4, -0.2) is 85.0 Å². The van der Waals surface area contributed by atoms with E-state index in [4.69, 9.17) is 27.2 Å². The minimum Gasteiger partial charge on any atom is -0.480 e. The summed E-state index contributed by atoms with van der Waals surface area (Å²) in [4.78, 5) is 36.6. The zero-order valence-corrected chi connectivity index (χ0v) is 20.2. The van der Waals surface area contributed by atoms with E-state index in [1.54, 1.807) is 20.8 Å². The largest absolute Gasteiger partial charge is 0.480 e. The van der Waals surface area contributed by atoms with E-state index in [0.717, 1.165) is 4.90 Å². The number of nitrogens with zero attached hydrogens (tertiary/aromatic N) is 1. The molecule has 0 aliphatic heterocycles. The summed E-state index contributed by atoms with van der Waals surface area (Å²) < 4.78 is 17.0. The molecule has 0 aliphatic carbocycles. The molecule has 2 radical (unpaired) electrons. The van der Waals surface area contributed by atoms with Crippen LogP contribution in [0.3, 0.4) is 0 Å². The lowest BCUT2D eigenvalue weighted by Gasteiger charge is -2.32. The number of amides is 2. The quantitative estimate of drug-likeness (QED) is 0.446. The predicted molar refractivity (Wildman–Crippen MR) is 118 cm³/mol. The highest BCUT2D eigenvalue weighted by atomic mass is 16.6. The fourth-order valence-electron chi connectivity index (χ4n) is 2.43. The molecule has 9 nitrogen and oxygen atoms in total. The van der Waals surface area contributed by atoms with Gasteiger partial charge in [0.15, 0.2) is 0 Å². The highest BCUT2D eigenvalue weighted by molar-refractivity contribution is 6.19. The molecule has 1 atom stereocenters. The molecule has 0 saturated carbocycles. The van der Waals surface area contributed by atoms with Crippen molar-refractivity contribution in [1.29, 1.82) is 0 Å². The number of hydrogen-bond donors (Lipinski definition) is 2. The summed E-state index contributed by atoms with van der Waals surface area (Å²) in [5.41, 5.74) is -1.56. The zero-order valence-electron chi connectivity index (χ0n) is 20.2. The lowest BCUT2D eigenvalue weighted by atomic mass is 10.0. The van der Waals surface area contributed by atoms with Crippen LogP contribution in [-0.2, 0) is 23.8 Å². The van der Waals surface area contributed by atoms with Crippen LogP contribution < -0.4 is 5.32 Å². The summed E-state index contributed by atoms with van der Waals surface area (Å²) in [6, 6.07) is -0.701. The van der Waals surface area contributed by atoms with E-state index in [1.165, 1.54) is 0 Å². The number of carboxylic acids is 1.